The van der Waals surface area contributed by atoms with Crippen molar-refractivity contribution < 1.29 is 17.9 Å². The van der Waals surface area contributed by atoms with E-state index in [1.165, 1.54) is 15.7 Å². The molecule has 1 atom stereocenters. The van der Waals surface area contributed by atoms with Gasteiger partial charge in [-0.3, -0.25) is 4.79 Å². The minimum atomic E-state index is -3.44. The minimum Gasteiger partial charge on any atom is -0.469 e. The van der Waals surface area contributed by atoms with Crippen molar-refractivity contribution in [2.24, 2.45) is 11.7 Å². The molecule has 0 aromatic heterocycles. The molecule has 20 heavy (non-hydrogen) atoms. The molecule has 7 nitrogen and oxygen atoms in total. The number of nitrogens with two attached hydrogens (primary N) is 1. The van der Waals surface area contributed by atoms with Gasteiger partial charge in [0.05, 0.1) is 13.0 Å². The Morgan fingerprint density at radius 3 is 2.45 bits per heavy atom. The maximum atomic E-state index is 12.6. The van der Waals surface area contributed by atoms with Crippen molar-refractivity contribution in [3.63, 3.8) is 0 Å². The lowest BCUT2D eigenvalue weighted by Crippen LogP contribution is -2.50. The van der Waals surface area contributed by atoms with E-state index < -0.39 is 10.2 Å². The molecule has 0 bridgehead atoms. The van der Waals surface area contributed by atoms with Gasteiger partial charge >= 0.3 is 5.97 Å². The Bertz CT molecular complexity index is 446. The fourth-order valence-electron chi connectivity index (χ4n) is 2.99. The van der Waals surface area contributed by atoms with Crippen molar-refractivity contribution in [1.29, 1.82) is 0 Å². The second kappa shape index (κ2) is 6.38. The van der Waals surface area contributed by atoms with Crippen LogP contribution in [0.15, 0.2) is 0 Å². The summed E-state index contributed by atoms with van der Waals surface area (Å²) in [5.41, 5.74) is 5.64. The Balaban J connectivity index is 2.00. The predicted octanol–water partition coefficient (Wildman–Crippen LogP) is -0.461. The van der Waals surface area contributed by atoms with E-state index >= 15 is 0 Å². The average Bonchev–Trinajstić information content (AvgIpc) is 2.95. The first kappa shape index (κ1) is 15.7. The van der Waals surface area contributed by atoms with E-state index in [1.54, 1.807) is 0 Å². The number of rotatable bonds is 4. The number of carbonyl (C=O) groups excluding carboxylic acids is 1. The SMILES string of the molecule is COC(=O)C1CCN(S(=O)(=O)N2CCCC2CN)CC1. The van der Waals surface area contributed by atoms with Gasteiger partial charge in [0.15, 0.2) is 0 Å². The third-order valence-electron chi connectivity index (χ3n) is 4.21. The Morgan fingerprint density at radius 2 is 1.90 bits per heavy atom. The molecule has 116 valence electrons. The van der Waals surface area contributed by atoms with E-state index in [0.717, 1.165) is 12.8 Å². The van der Waals surface area contributed by atoms with E-state index in [-0.39, 0.29) is 17.9 Å². The Kier molecular flexibility index (Phi) is 5.00. The first-order chi connectivity index (χ1) is 9.50. The summed E-state index contributed by atoms with van der Waals surface area (Å²) in [6, 6.07) is -0.0849. The highest BCUT2D eigenvalue weighted by molar-refractivity contribution is 7.86. The number of carbonyl (C=O) groups is 1. The molecule has 2 fully saturated rings. The minimum absolute atomic E-state index is 0.0849. The van der Waals surface area contributed by atoms with Crippen LogP contribution >= 0.6 is 0 Å². The van der Waals surface area contributed by atoms with Crippen molar-refractivity contribution in [2.45, 2.75) is 31.7 Å². The molecule has 0 aromatic rings. The van der Waals surface area contributed by atoms with Gasteiger partial charge in [0.1, 0.15) is 0 Å². The molecule has 2 aliphatic rings. The van der Waals surface area contributed by atoms with Crippen LogP contribution in [0.25, 0.3) is 0 Å². The van der Waals surface area contributed by atoms with Crippen molar-refractivity contribution in [3.05, 3.63) is 0 Å². The summed E-state index contributed by atoms with van der Waals surface area (Å²) < 4.78 is 32.9. The Hall–Kier alpha value is -0.700. The smallest absolute Gasteiger partial charge is 0.308 e. The topological polar surface area (TPSA) is 92.9 Å². The van der Waals surface area contributed by atoms with E-state index in [0.29, 0.717) is 39.0 Å². The van der Waals surface area contributed by atoms with Crippen LogP contribution in [0.4, 0.5) is 0 Å². The second-order valence-corrected chi connectivity index (χ2v) is 7.23. The highest BCUT2D eigenvalue weighted by Gasteiger charge is 2.39. The summed E-state index contributed by atoms with van der Waals surface area (Å²) in [5.74, 6) is -0.432. The van der Waals surface area contributed by atoms with Crippen molar-refractivity contribution in [3.8, 4) is 0 Å². The zero-order valence-corrected chi connectivity index (χ0v) is 12.6. The molecule has 2 heterocycles. The van der Waals surface area contributed by atoms with Gasteiger partial charge in [0, 0.05) is 32.2 Å². The summed E-state index contributed by atoms with van der Waals surface area (Å²) in [5, 5.41) is 0. The molecule has 0 aromatic carbocycles. The standard InChI is InChI=1S/C12H23N3O4S/c1-19-12(16)10-4-7-14(8-5-10)20(17,18)15-6-2-3-11(15)9-13/h10-11H,2-9,13H2,1H3. The van der Waals surface area contributed by atoms with Crippen LogP contribution in [-0.2, 0) is 19.7 Å². The third kappa shape index (κ3) is 2.98. The summed E-state index contributed by atoms with van der Waals surface area (Å²) in [7, 11) is -2.08. The van der Waals surface area contributed by atoms with E-state index in [9.17, 15) is 13.2 Å². The lowest BCUT2D eigenvalue weighted by molar-refractivity contribution is -0.146. The van der Waals surface area contributed by atoms with Gasteiger partial charge in [-0.25, -0.2) is 0 Å². The number of nitrogens with zero attached hydrogens (tertiary/aromatic N) is 2. The first-order valence-corrected chi connectivity index (χ1v) is 8.45. The molecule has 0 amide bonds. The van der Waals surface area contributed by atoms with E-state index in [2.05, 4.69) is 0 Å². The molecular weight excluding hydrogens is 282 g/mol. The summed E-state index contributed by atoms with van der Waals surface area (Å²) in [6.45, 7) is 1.64. The molecule has 2 saturated heterocycles. The molecular formula is C12H23N3O4S. The van der Waals surface area contributed by atoms with Gasteiger partial charge in [-0.15, -0.1) is 0 Å². The fourth-order valence-corrected chi connectivity index (χ4v) is 4.88. The van der Waals surface area contributed by atoms with E-state index in [1.807, 2.05) is 0 Å². The summed E-state index contributed by atoms with van der Waals surface area (Å²) in [6.07, 6.45) is 2.73. The van der Waals surface area contributed by atoms with Gasteiger partial charge in [-0.1, -0.05) is 0 Å². The quantitative estimate of drug-likeness (QED) is 0.709. The molecule has 1 unspecified atom stereocenters. The van der Waals surface area contributed by atoms with Gasteiger partial charge < -0.3 is 10.5 Å². The number of methoxy groups -OCH3 is 1. The molecule has 0 saturated carbocycles. The van der Waals surface area contributed by atoms with E-state index in [4.69, 9.17) is 10.5 Å². The molecule has 2 N–H and O–H groups in total. The molecule has 2 rings (SSSR count). The van der Waals surface area contributed by atoms with Crippen LogP contribution in [0.1, 0.15) is 25.7 Å². The second-order valence-electron chi connectivity index (χ2n) is 5.35. The van der Waals surface area contributed by atoms with Crippen LogP contribution in [0.2, 0.25) is 0 Å². The van der Waals surface area contributed by atoms with Gasteiger partial charge in [-0.2, -0.15) is 17.0 Å². The number of hydrogen-bond acceptors (Lipinski definition) is 5. The van der Waals surface area contributed by atoms with Crippen molar-refractivity contribution in [1.82, 2.24) is 8.61 Å². The normalized spacial score (nSPS) is 26.8. The molecule has 2 aliphatic heterocycles. The summed E-state index contributed by atoms with van der Waals surface area (Å²) in [4.78, 5) is 11.5. The van der Waals surface area contributed by atoms with Crippen LogP contribution in [0.3, 0.4) is 0 Å². The molecule has 0 spiro atoms. The number of hydrogen-bond donors (Lipinski definition) is 1. The number of ether oxygens (including phenoxy) is 1. The zero-order chi connectivity index (χ0) is 14.8. The lowest BCUT2D eigenvalue weighted by Gasteiger charge is -2.34. The zero-order valence-electron chi connectivity index (χ0n) is 11.8. The average molecular weight is 305 g/mol. The molecule has 0 radical (unpaired) electrons. The first-order valence-electron chi connectivity index (χ1n) is 7.05. The fraction of sp³-hybridized carbons (Fsp3) is 0.917. The highest BCUT2D eigenvalue weighted by Crippen LogP contribution is 2.26. The lowest BCUT2D eigenvalue weighted by atomic mass is 9.99. The molecule has 0 aliphatic carbocycles. The van der Waals surface area contributed by atoms with Crippen LogP contribution in [0, 0.1) is 5.92 Å². The van der Waals surface area contributed by atoms with Crippen LogP contribution < -0.4 is 5.73 Å². The van der Waals surface area contributed by atoms with Crippen LogP contribution in [-0.4, -0.2) is 62.3 Å². The largest absolute Gasteiger partial charge is 0.469 e. The van der Waals surface area contributed by atoms with Crippen LogP contribution in [0.5, 0.6) is 0 Å². The molecule has 8 heteroatoms. The van der Waals surface area contributed by atoms with Gasteiger partial charge in [0.2, 0.25) is 0 Å². The van der Waals surface area contributed by atoms with Gasteiger partial charge in [-0.05, 0) is 25.7 Å². The highest BCUT2D eigenvalue weighted by atomic mass is 32.2. The summed E-state index contributed by atoms with van der Waals surface area (Å²) >= 11 is 0. The number of esters is 1. The Labute approximate surface area is 120 Å². The predicted molar refractivity (Wildman–Crippen MR) is 74.0 cm³/mol. The monoisotopic (exact) mass is 305 g/mol. The maximum absolute atomic E-state index is 12.6. The van der Waals surface area contributed by atoms with Crippen molar-refractivity contribution >= 4 is 16.2 Å². The number of piperidine rings is 1. The Morgan fingerprint density at radius 1 is 1.25 bits per heavy atom. The van der Waals surface area contributed by atoms with Gasteiger partial charge in [0.25, 0.3) is 10.2 Å². The maximum Gasteiger partial charge on any atom is 0.308 e. The van der Waals surface area contributed by atoms with Crippen molar-refractivity contribution in [2.75, 3.05) is 33.3 Å². The third-order valence-corrected chi connectivity index (χ3v) is 6.30.